The zero-order valence-electron chi connectivity index (χ0n) is 9.23. The van der Waals surface area contributed by atoms with Gasteiger partial charge in [0, 0.05) is 6.04 Å². The molecular weight excluding hydrogens is 224 g/mol. The van der Waals surface area contributed by atoms with Gasteiger partial charge >= 0.3 is 5.97 Å². The second kappa shape index (κ2) is 5.65. The lowest BCUT2D eigenvalue weighted by Crippen LogP contribution is -2.35. The molecule has 0 aliphatic carbocycles. The number of aromatic carboxylic acids is 1. The summed E-state index contributed by atoms with van der Waals surface area (Å²) >= 11 is 0. The van der Waals surface area contributed by atoms with Gasteiger partial charge in [-0.05, 0) is 6.42 Å². The maximum absolute atomic E-state index is 11.7. The van der Waals surface area contributed by atoms with Gasteiger partial charge in [0.15, 0.2) is 11.4 Å². The van der Waals surface area contributed by atoms with Crippen LogP contribution in [-0.4, -0.2) is 33.0 Å². The van der Waals surface area contributed by atoms with Crippen LogP contribution in [0, 0.1) is 11.3 Å². The molecular formula is C10H12N4O3. The number of carbonyl (C=O) groups is 2. The monoisotopic (exact) mass is 236 g/mol. The van der Waals surface area contributed by atoms with E-state index >= 15 is 0 Å². The van der Waals surface area contributed by atoms with E-state index in [2.05, 4.69) is 15.3 Å². The first kappa shape index (κ1) is 12.7. The predicted octanol–water partition coefficient (Wildman–Crippen LogP) is 0.530. The maximum atomic E-state index is 11.7. The molecule has 7 heteroatoms. The number of hydrogen-bond donors (Lipinski definition) is 3. The predicted molar refractivity (Wildman–Crippen MR) is 57.3 cm³/mol. The molecule has 0 aromatic carbocycles. The molecule has 1 rings (SSSR count). The third kappa shape index (κ3) is 3.04. The number of carboxylic acids is 1. The molecule has 7 nitrogen and oxygen atoms in total. The second-order valence-corrected chi connectivity index (χ2v) is 3.37. The Hall–Kier alpha value is -2.36. The third-order valence-corrected chi connectivity index (χ3v) is 2.23. The minimum atomic E-state index is -1.25. The smallest absolute Gasteiger partial charge is 0.354 e. The number of carbonyl (C=O) groups excluding carboxylic acids is 1. The summed E-state index contributed by atoms with van der Waals surface area (Å²) in [4.78, 5) is 28.5. The molecule has 1 amide bonds. The summed E-state index contributed by atoms with van der Waals surface area (Å²) in [5.74, 6) is -1.84. The average Bonchev–Trinajstić information content (AvgIpc) is 2.77. The topological polar surface area (TPSA) is 119 Å². The van der Waals surface area contributed by atoms with E-state index in [4.69, 9.17) is 10.4 Å². The highest BCUT2D eigenvalue weighted by Gasteiger charge is 2.21. The number of amides is 1. The SMILES string of the molecule is CCC(CC#N)NC(=O)c1nc[nH]c1C(=O)O. The number of nitriles is 1. The summed E-state index contributed by atoms with van der Waals surface area (Å²) in [6.45, 7) is 1.82. The van der Waals surface area contributed by atoms with Gasteiger partial charge in [-0.25, -0.2) is 9.78 Å². The standard InChI is InChI=1S/C10H12N4O3/c1-2-6(3-4-11)14-9(15)7-8(10(16)17)13-5-12-7/h5-6H,2-3H2,1H3,(H,12,13)(H,14,15)(H,16,17). The van der Waals surface area contributed by atoms with Gasteiger partial charge in [0.2, 0.25) is 0 Å². The molecule has 90 valence electrons. The molecule has 1 atom stereocenters. The molecule has 0 saturated carbocycles. The number of carboxylic acid groups (broad SMARTS) is 1. The van der Waals surface area contributed by atoms with E-state index in [0.29, 0.717) is 6.42 Å². The van der Waals surface area contributed by atoms with E-state index in [0.717, 1.165) is 6.33 Å². The van der Waals surface area contributed by atoms with Crippen molar-refractivity contribution >= 4 is 11.9 Å². The first-order chi connectivity index (χ1) is 8.10. The molecule has 3 N–H and O–H groups in total. The lowest BCUT2D eigenvalue weighted by molar-refractivity contribution is 0.0684. The number of nitrogens with zero attached hydrogens (tertiary/aromatic N) is 2. The summed E-state index contributed by atoms with van der Waals surface area (Å²) < 4.78 is 0. The second-order valence-electron chi connectivity index (χ2n) is 3.37. The molecule has 0 radical (unpaired) electrons. The molecule has 1 heterocycles. The fourth-order valence-electron chi connectivity index (χ4n) is 1.29. The van der Waals surface area contributed by atoms with Crippen LogP contribution < -0.4 is 5.32 Å². The van der Waals surface area contributed by atoms with Crippen LogP contribution >= 0.6 is 0 Å². The normalized spacial score (nSPS) is 11.5. The van der Waals surface area contributed by atoms with E-state index in [9.17, 15) is 9.59 Å². The van der Waals surface area contributed by atoms with Gasteiger partial charge in [-0.1, -0.05) is 6.92 Å². The van der Waals surface area contributed by atoms with Crippen LogP contribution in [0.5, 0.6) is 0 Å². The van der Waals surface area contributed by atoms with Crippen LogP contribution in [-0.2, 0) is 0 Å². The lowest BCUT2D eigenvalue weighted by Gasteiger charge is -2.12. The van der Waals surface area contributed by atoms with E-state index in [1.165, 1.54) is 0 Å². The fraction of sp³-hybridized carbons (Fsp3) is 0.400. The molecule has 0 spiro atoms. The van der Waals surface area contributed by atoms with Crippen molar-refractivity contribution in [1.29, 1.82) is 5.26 Å². The first-order valence-corrected chi connectivity index (χ1v) is 5.04. The summed E-state index contributed by atoms with van der Waals surface area (Å²) in [5.41, 5.74) is -0.428. The van der Waals surface area contributed by atoms with Crippen molar-refractivity contribution in [1.82, 2.24) is 15.3 Å². The first-order valence-electron chi connectivity index (χ1n) is 5.04. The maximum Gasteiger partial charge on any atom is 0.354 e. The van der Waals surface area contributed by atoms with Gasteiger partial charge in [0.1, 0.15) is 0 Å². The number of rotatable bonds is 5. The van der Waals surface area contributed by atoms with Gasteiger partial charge < -0.3 is 15.4 Å². The molecule has 0 fully saturated rings. The molecule has 0 saturated heterocycles. The minimum Gasteiger partial charge on any atom is -0.477 e. The third-order valence-electron chi connectivity index (χ3n) is 2.23. The molecule has 1 unspecified atom stereocenters. The van der Waals surface area contributed by atoms with Crippen LogP contribution in [0.15, 0.2) is 6.33 Å². The van der Waals surface area contributed by atoms with Crippen LogP contribution in [0.4, 0.5) is 0 Å². The van der Waals surface area contributed by atoms with Crippen molar-refractivity contribution in [2.24, 2.45) is 0 Å². The molecule has 0 aliphatic rings. The molecule has 0 aliphatic heterocycles. The van der Waals surface area contributed by atoms with Crippen molar-refractivity contribution in [3.63, 3.8) is 0 Å². The summed E-state index contributed by atoms with van der Waals surface area (Å²) in [5, 5.41) is 19.9. The number of hydrogen-bond acceptors (Lipinski definition) is 4. The Bertz CT molecular complexity index is 460. The van der Waals surface area contributed by atoms with Gasteiger partial charge in [-0.2, -0.15) is 5.26 Å². The molecule has 1 aromatic rings. The Kier molecular flexibility index (Phi) is 4.22. The Labute approximate surface area is 97.5 Å². The lowest BCUT2D eigenvalue weighted by atomic mass is 10.1. The number of H-pyrrole nitrogens is 1. The van der Waals surface area contributed by atoms with Crippen molar-refractivity contribution in [2.75, 3.05) is 0 Å². The number of aromatic nitrogens is 2. The number of aromatic amines is 1. The van der Waals surface area contributed by atoms with Gasteiger partial charge in [-0.15, -0.1) is 0 Å². The van der Waals surface area contributed by atoms with Crippen LogP contribution in [0.2, 0.25) is 0 Å². The van der Waals surface area contributed by atoms with Crippen molar-refractivity contribution < 1.29 is 14.7 Å². The highest BCUT2D eigenvalue weighted by molar-refractivity contribution is 6.02. The minimum absolute atomic E-state index is 0.172. The van der Waals surface area contributed by atoms with E-state index < -0.39 is 11.9 Å². The molecule has 17 heavy (non-hydrogen) atoms. The van der Waals surface area contributed by atoms with Gasteiger partial charge in [-0.3, -0.25) is 4.79 Å². The average molecular weight is 236 g/mol. The zero-order chi connectivity index (χ0) is 12.8. The van der Waals surface area contributed by atoms with Crippen molar-refractivity contribution in [3.05, 3.63) is 17.7 Å². The highest BCUT2D eigenvalue weighted by Crippen LogP contribution is 2.05. The summed E-state index contributed by atoms with van der Waals surface area (Å²) in [6.07, 6.45) is 1.91. The van der Waals surface area contributed by atoms with Crippen molar-refractivity contribution in [2.45, 2.75) is 25.8 Å². The van der Waals surface area contributed by atoms with E-state index in [1.54, 1.807) is 0 Å². The fourth-order valence-corrected chi connectivity index (χ4v) is 1.29. The van der Waals surface area contributed by atoms with Crippen LogP contribution in [0.25, 0.3) is 0 Å². The Morgan fingerprint density at radius 1 is 1.71 bits per heavy atom. The van der Waals surface area contributed by atoms with E-state index in [-0.39, 0.29) is 23.9 Å². The summed E-state index contributed by atoms with van der Waals surface area (Å²) in [6, 6.07) is 1.65. The molecule has 0 bridgehead atoms. The number of nitrogens with one attached hydrogen (secondary N) is 2. The quantitative estimate of drug-likeness (QED) is 0.688. The largest absolute Gasteiger partial charge is 0.477 e. The number of imidazole rings is 1. The van der Waals surface area contributed by atoms with Gasteiger partial charge in [0.25, 0.3) is 5.91 Å². The van der Waals surface area contributed by atoms with Crippen LogP contribution in [0.1, 0.15) is 40.7 Å². The summed E-state index contributed by atoms with van der Waals surface area (Å²) in [7, 11) is 0. The van der Waals surface area contributed by atoms with Crippen molar-refractivity contribution in [3.8, 4) is 6.07 Å². The Morgan fingerprint density at radius 3 is 2.94 bits per heavy atom. The highest BCUT2D eigenvalue weighted by atomic mass is 16.4. The Morgan fingerprint density at radius 2 is 2.41 bits per heavy atom. The zero-order valence-corrected chi connectivity index (χ0v) is 9.23. The molecule has 1 aromatic heterocycles. The van der Waals surface area contributed by atoms with Gasteiger partial charge in [0.05, 0.1) is 18.8 Å². The van der Waals surface area contributed by atoms with E-state index in [1.807, 2.05) is 13.0 Å². The Balaban J connectivity index is 2.79. The van der Waals surface area contributed by atoms with Crippen LogP contribution in [0.3, 0.4) is 0 Å².